The lowest BCUT2D eigenvalue weighted by atomic mass is 9.98. The van der Waals surface area contributed by atoms with Crippen LogP contribution in [-0.4, -0.2) is 11.8 Å². The summed E-state index contributed by atoms with van der Waals surface area (Å²) >= 11 is 0. The molecule has 0 aromatic heterocycles. The van der Waals surface area contributed by atoms with Gasteiger partial charge in [-0.15, -0.1) is 0 Å². The molecule has 0 radical (unpaired) electrons. The van der Waals surface area contributed by atoms with E-state index in [2.05, 4.69) is 36.6 Å². The highest BCUT2D eigenvalue weighted by Crippen LogP contribution is 2.20. The molecule has 2 rings (SSSR count). The monoisotopic (exact) mass is 324 g/mol. The molecule has 2 aromatic carbocycles. The Hall–Kier alpha value is -2.62. The van der Waals surface area contributed by atoms with Crippen LogP contribution < -0.4 is 10.6 Å². The lowest BCUT2D eigenvalue weighted by Crippen LogP contribution is -2.14. The van der Waals surface area contributed by atoms with Gasteiger partial charge in [0.05, 0.1) is 6.42 Å². The van der Waals surface area contributed by atoms with Crippen molar-refractivity contribution in [1.82, 2.24) is 0 Å². The molecule has 0 aliphatic rings. The highest BCUT2D eigenvalue weighted by molar-refractivity contribution is 5.92. The van der Waals surface area contributed by atoms with Crippen LogP contribution in [0.2, 0.25) is 0 Å². The highest BCUT2D eigenvalue weighted by Gasteiger charge is 2.06. The minimum atomic E-state index is -0.110. The van der Waals surface area contributed by atoms with E-state index in [0.717, 1.165) is 23.4 Å². The molecule has 0 spiro atoms. The van der Waals surface area contributed by atoms with Crippen LogP contribution >= 0.6 is 0 Å². The molecule has 4 nitrogen and oxygen atoms in total. The van der Waals surface area contributed by atoms with Gasteiger partial charge in [-0.1, -0.05) is 38.1 Å². The molecule has 0 saturated heterocycles. The third kappa shape index (κ3) is 5.23. The first-order valence-corrected chi connectivity index (χ1v) is 8.24. The molecule has 0 saturated carbocycles. The van der Waals surface area contributed by atoms with Gasteiger partial charge in [-0.05, 0) is 47.7 Å². The number of carbonyl (C=O) groups excluding carboxylic acids is 2. The SMILES string of the molecule is CC[C@@H](C)c1ccc(NC(=O)Cc2ccc(NC(C)=O)cc2)cc1. The molecular formula is C20H24N2O2. The summed E-state index contributed by atoms with van der Waals surface area (Å²) in [6.07, 6.45) is 1.40. The van der Waals surface area contributed by atoms with E-state index in [1.807, 2.05) is 24.3 Å². The quantitative estimate of drug-likeness (QED) is 0.830. The molecule has 0 fully saturated rings. The Balaban J connectivity index is 1.92. The molecular weight excluding hydrogens is 300 g/mol. The minimum Gasteiger partial charge on any atom is -0.326 e. The first-order valence-electron chi connectivity index (χ1n) is 8.24. The first kappa shape index (κ1) is 17.7. The van der Waals surface area contributed by atoms with Crippen LogP contribution in [-0.2, 0) is 16.0 Å². The summed E-state index contributed by atoms with van der Waals surface area (Å²) in [5.74, 6) is 0.358. The van der Waals surface area contributed by atoms with E-state index < -0.39 is 0 Å². The van der Waals surface area contributed by atoms with Crippen molar-refractivity contribution in [3.05, 3.63) is 59.7 Å². The zero-order valence-corrected chi connectivity index (χ0v) is 14.4. The molecule has 2 amide bonds. The van der Waals surface area contributed by atoms with Gasteiger partial charge in [0.1, 0.15) is 0 Å². The molecule has 2 aromatic rings. The van der Waals surface area contributed by atoms with Crippen molar-refractivity contribution in [2.75, 3.05) is 10.6 Å². The van der Waals surface area contributed by atoms with E-state index in [1.54, 1.807) is 12.1 Å². The number of hydrogen-bond acceptors (Lipinski definition) is 2. The lowest BCUT2D eigenvalue weighted by Gasteiger charge is -2.11. The van der Waals surface area contributed by atoms with Gasteiger partial charge in [0.2, 0.25) is 11.8 Å². The van der Waals surface area contributed by atoms with Crippen LogP contribution in [0.25, 0.3) is 0 Å². The second-order valence-corrected chi connectivity index (χ2v) is 6.03. The molecule has 1 atom stereocenters. The minimum absolute atomic E-state index is 0.0569. The predicted molar refractivity (Wildman–Crippen MR) is 98.2 cm³/mol. The van der Waals surface area contributed by atoms with E-state index >= 15 is 0 Å². The number of hydrogen-bond donors (Lipinski definition) is 2. The molecule has 4 heteroatoms. The van der Waals surface area contributed by atoms with Crippen LogP contribution in [0.3, 0.4) is 0 Å². The molecule has 126 valence electrons. The zero-order valence-electron chi connectivity index (χ0n) is 14.4. The second-order valence-electron chi connectivity index (χ2n) is 6.03. The van der Waals surface area contributed by atoms with Gasteiger partial charge in [0.15, 0.2) is 0 Å². The number of nitrogens with one attached hydrogen (secondary N) is 2. The van der Waals surface area contributed by atoms with Crippen LogP contribution in [0.1, 0.15) is 44.2 Å². The lowest BCUT2D eigenvalue weighted by molar-refractivity contribution is -0.116. The van der Waals surface area contributed by atoms with Gasteiger partial charge in [0, 0.05) is 18.3 Å². The van der Waals surface area contributed by atoms with Crippen LogP contribution in [0.15, 0.2) is 48.5 Å². The Labute approximate surface area is 143 Å². The summed E-state index contributed by atoms with van der Waals surface area (Å²) in [5, 5.41) is 5.62. The summed E-state index contributed by atoms with van der Waals surface area (Å²) < 4.78 is 0. The van der Waals surface area contributed by atoms with E-state index in [0.29, 0.717) is 12.3 Å². The Kier molecular flexibility index (Phi) is 6.13. The average molecular weight is 324 g/mol. The maximum absolute atomic E-state index is 12.1. The first-order chi connectivity index (χ1) is 11.5. The number of rotatable bonds is 6. The number of carbonyl (C=O) groups is 2. The Morgan fingerprint density at radius 1 is 0.917 bits per heavy atom. The van der Waals surface area contributed by atoms with E-state index in [-0.39, 0.29) is 11.8 Å². The third-order valence-electron chi connectivity index (χ3n) is 4.01. The van der Waals surface area contributed by atoms with Crippen molar-refractivity contribution < 1.29 is 9.59 Å². The van der Waals surface area contributed by atoms with Crippen molar-refractivity contribution in [2.24, 2.45) is 0 Å². The van der Waals surface area contributed by atoms with Gasteiger partial charge >= 0.3 is 0 Å². The molecule has 0 unspecified atom stereocenters. The van der Waals surface area contributed by atoms with Crippen molar-refractivity contribution in [2.45, 2.75) is 39.5 Å². The van der Waals surface area contributed by atoms with Gasteiger partial charge in [0.25, 0.3) is 0 Å². The molecule has 0 heterocycles. The van der Waals surface area contributed by atoms with Gasteiger partial charge in [-0.3, -0.25) is 9.59 Å². The van der Waals surface area contributed by atoms with Crippen molar-refractivity contribution in [3.63, 3.8) is 0 Å². The van der Waals surface area contributed by atoms with Crippen molar-refractivity contribution >= 4 is 23.2 Å². The van der Waals surface area contributed by atoms with Gasteiger partial charge in [-0.2, -0.15) is 0 Å². The summed E-state index contributed by atoms with van der Waals surface area (Å²) in [7, 11) is 0. The van der Waals surface area contributed by atoms with Gasteiger partial charge < -0.3 is 10.6 Å². The number of amides is 2. The fourth-order valence-electron chi connectivity index (χ4n) is 2.43. The van der Waals surface area contributed by atoms with Crippen LogP contribution in [0.5, 0.6) is 0 Å². The van der Waals surface area contributed by atoms with Gasteiger partial charge in [-0.25, -0.2) is 0 Å². The van der Waals surface area contributed by atoms with Crippen LogP contribution in [0.4, 0.5) is 11.4 Å². The standard InChI is InChI=1S/C20H24N2O2/c1-4-14(2)17-7-11-19(12-8-17)22-20(24)13-16-5-9-18(10-6-16)21-15(3)23/h5-12,14H,4,13H2,1-3H3,(H,21,23)(H,22,24)/t14-/m1/s1. The summed E-state index contributed by atoms with van der Waals surface area (Å²) in [4.78, 5) is 23.1. The highest BCUT2D eigenvalue weighted by atomic mass is 16.2. The predicted octanol–water partition coefficient (Wildman–Crippen LogP) is 4.34. The normalized spacial score (nSPS) is 11.6. The van der Waals surface area contributed by atoms with E-state index in [1.165, 1.54) is 12.5 Å². The van der Waals surface area contributed by atoms with E-state index in [9.17, 15) is 9.59 Å². The van der Waals surface area contributed by atoms with E-state index in [4.69, 9.17) is 0 Å². The molecule has 0 bridgehead atoms. The number of benzene rings is 2. The maximum atomic E-state index is 12.1. The number of anilines is 2. The Bertz CT molecular complexity index is 691. The summed E-state index contributed by atoms with van der Waals surface area (Å²) in [6, 6.07) is 15.3. The fraction of sp³-hybridized carbons (Fsp3) is 0.300. The maximum Gasteiger partial charge on any atom is 0.228 e. The van der Waals surface area contributed by atoms with Crippen molar-refractivity contribution in [3.8, 4) is 0 Å². The average Bonchev–Trinajstić information content (AvgIpc) is 2.56. The fourth-order valence-corrected chi connectivity index (χ4v) is 2.43. The molecule has 24 heavy (non-hydrogen) atoms. The summed E-state index contributed by atoms with van der Waals surface area (Å²) in [6.45, 7) is 5.82. The zero-order chi connectivity index (χ0) is 17.5. The molecule has 2 N–H and O–H groups in total. The third-order valence-corrected chi connectivity index (χ3v) is 4.01. The molecule has 0 aliphatic heterocycles. The smallest absolute Gasteiger partial charge is 0.228 e. The molecule has 0 aliphatic carbocycles. The second kappa shape index (κ2) is 8.29. The van der Waals surface area contributed by atoms with Crippen molar-refractivity contribution in [1.29, 1.82) is 0 Å². The topological polar surface area (TPSA) is 58.2 Å². The summed E-state index contributed by atoms with van der Waals surface area (Å²) in [5.41, 5.74) is 3.72. The van der Waals surface area contributed by atoms with Crippen LogP contribution in [0, 0.1) is 0 Å². The Morgan fingerprint density at radius 2 is 1.46 bits per heavy atom. The largest absolute Gasteiger partial charge is 0.326 e. The Morgan fingerprint density at radius 3 is 2.00 bits per heavy atom.